The molecule has 0 aromatic rings. The van der Waals surface area contributed by atoms with Gasteiger partial charge in [0.05, 0.1) is 0 Å². The molecule has 0 bridgehead atoms. The van der Waals surface area contributed by atoms with Crippen LogP contribution in [-0.2, 0) is 9.31 Å². The zero-order chi connectivity index (χ0) is 8.53. The molecule has 0 aliphatic carbocycles. The van der Waals surface area contributed by atoms with Crippen LogP contribution in [0.3, 0.4) is 0 Å². The molecule has 0 saturated heterocycles. The van der Waals surface area contributed by atoms with Crippen LogP contribution < -0.4 is 0 Å². The summed E-state index contributed by atoms with van der Waals surface area (Å²) < 4.78 is 10.6. The Morgan fingerprint density at radius 1 is 1.09 bits per heavy atom. The van der Waals surface area contributed by atoms with E-state index in [-0.39, 0.29) is 7.12 Å². The van der Waals surface area contributed by atoms with E-state index in [1.54, 1.807) is 0 Å². The van der Waals surface area contributed by atoms with Crippen LogP contribution in [0.1, 0.15) is 6.92 Å². The Hall–Kier alpha value is 0.685. The molecule has 0 atom stereocenters. The summed E-state index contributed by atoms with van der Waals surface area (Å²) in [7, 11) is -0.0747. The first-order chi connectivity index (χ1) is 5.35. The second-order valence-corrected chi connectivity index (χ2v) is 2.92. The molecule has 11 heavy (non-hydrogen) atoms. The normalized spacial score (nSPS) is 10.1. The Morgan fingerprint density at radius 3 is 1.82 bits per heavy atom. The van der Waals surface area contributed by atoms with Gasteiger partial charge in [-0.1, -0.05) is 6.92 Å². The topological polar surface area (TPSA) is 18.5 Å². The molecule has 0 heterocycles. The van der Waals surface area contributed by atoms with Crippen LogP contribution in [0.4, 0.5) is 0 Å². The summed E-state index contributed by atoms with van der Waals surface area (Å²) in [5.74, 6) is 1.47. The molecule has 0 saturated carbocycles. The zero-order valence-corrected chi connectivity index (χ0v) is 8.61. The summed E-state index contributed by atoms with van der Waals surface area (Å²) in [5, 5.41) is 0. The van der Waals surface area contributed by atoms with Crippen molar-refractivity contribution in [2.24, 2.45) is 0 Å². The third-order valence-electron chi connectivity index (χ3n) is 1.12. The molecule has 0 aliphatic rings. The van der Waals surface area contributed by atoms with Crippen LogP contribution in [0.2, 0.25) is 6.32 Å². The third-order valence-corrected chi connectivity index (χ3v) is 1.49. The van der Waals surface area contributed by atoms with Gasteiger partial charge in [-0.2, -0.15) is 25.3 Å². The van der Waals surface area contributed by atoms with Gasteiger partial charge in [0.1, 0.15) is 0 Å². The first-order valence-corrected chi connectivity index (χ1v) is 5.06. The molecular weight excluding hydrogens is 179 g/mol. The molecule has 0 aromatic carbocycles. The van der Waals surface area contributed by atoms with Crippen molar-refractivity contribution in [2.75, 3.05) is 24.7 Å². The predicted octanol–water partition coefficient (Wildman–Crippen LogP) is 1.39. The average molecular weight is 194 g/mol. The van der Waals surface area contributed by atoms with Crippen molar-refractivity contribution in [2.45, 2.75) is 13.2 Å². The minimum Gasteiger partial charge on any atom is -0.410 e. The molecule has 0 radical (unpaired) electrons. The lowest BCUT2D eigenvalue weighted by molar-refractivity contribution is 0.218. The smallest absolute Gasteiger partial charge is 0.410 e. The fraction of sp³-hybridized carbons (Fsp3) is 1.00. The highest BCUT2D eigenvalue weighted by atomic mass is 32.1. The maximum Gasteiger partial charge on any atom is 0.456 e. The van der Waals surface area contributed by atoms with Gasteiger partial charge in [-0.05, 0) is 6.32 Å². The molecule has 0 fully saturated rings. The standard InChI is InChI=1S/C6H15BO2S2/c1-2-7(8-3-5-10)9-4-6-11/h10-11H,2-6H2,1H3. The molecule has 0 aromatic heterocycles. The van der Waals surface area contributed by atoms with Crippen LogP contribution in [0.5, 0.6) is 0 Å². The van der Waals surface area contributed by atoms with E-state index in [2.05, 4.69) is 25.3 Å². The number of thiol groups is 2. The quantitative estimate of drug-likeness (QED) is 0.471. The van der Waals surface area contributed by atoms with Gasteiger partial charge >= 0.3 is 7.12 Å². The second kappa shape index (κ2) is 8.78. The lowest BCUT2D eigenvalue weighted by Crippen LogP contribution is -2.23. The summed E-state index contributed by atoms with van der Waals surface area (Å²) in [6, 6.07) is 0. The molecule has 0 spiro atoms. The van der Waals surface area contributed by atoms with E-state index in [9.17, 15) is 0 Å². The van der Waals surface area contributed by atoms with Gasteiger partial charge in [0.2, 0.25) is 0 Å². The minimum atomic E-state index is -0.0747. The van der Waals surface area contributed by atoms with Gasteiger partial charge in [0.25, 0.3) is 0 Å². The molecular formula is C6H15BO2S2. The molecule has 0 N–H and O–H groups in total. The average Bonchev–Trinajstić information content (AvgIpc) is 2.05. The van der Waals surface area contributed by atoms with Crippen molar-refractivity contribution in [1.82, 2.24) is 0 Å². The van der Waals surface area contributed by atoms with Crippen LogP contribution in [0, 0.1) is 0 Å². The molecule has 5 heteroatoms. The Balaban J connectivity index is 3.25. The Labute approximate surface area is 80.0 Å². The van der Waals surface area contributed by atoms with Crippen molar-refractivity contribution in [3.63, 3.8) is 0 Å². The van der Waals surface area contributed by atoms with E-state index in [0.29, 0.717) is 13.2 Å². The second-order valence-electron chi connectivity index (χ2n) is 2.03. The van der Waals surface area contributed by atoms with Crippen LogP contribution in [-0.4, -0.2) is 31.8 Å². The predicted molar refractivity (Wildman–Crippen MR) is 55.8 cm³/mol. The maximum atomic E-state index is 5.31. The highest BCUT2D eigenvalue weighted by Crippen LogP contribution is 1.96. The fourth-order valence-corrected chi connectivity index (χ4v) is 0.863. The van der Waals surface area contributed by atoms with E-state index in [4.69, 9.17) is 9.31 Å². The largest absolute Gasteiger partial charge is 0.456 e. The SMILES string of the molecule is CCB(OCCS)OCCS. The van der Waals surface area contributed by atoms with E-state index in [1.807, 2.05) is 6.92 Å². The maximum absolute atomic E-state index is 5.31. The number of hydrogen-bond donors (Lipinski definition) is 2. The molecule has 0 amide bonds. The number of rotatable bonds is 7. The molecule has 0 aliphatic heterocycles. The van der Waals surface area contributed by atoms with Crippen molar-refractivity contribution in [3.05, 3.63) is 0 Å². The highest BCUT2D eigenvalue weighted by Gasteiger charge is 2.13. The molecule has 2 nitrogen and oxygen atoms in total. The summed E-state index contributed by atoms with van der Waals surface area (Å²) in [6.07, 6.45) is 0.877. The van der Waals surface area contributed by atoms with E-state index in [0.717, 1.165) is 17.8 Å². The van der Waals surface area contributed by atoms with Crippen LogP contribution >= 0.6 is 25.3 Å². The lowest BCUT2D eigenvalue weighted by atomic mass is 9.86. The van der Waals surface area contributed by atoms with Gasteiger partial charge in [-0.3, -0.25) is 0 Å². The van der Waals surface area contributed by atoms with E-state index >= 15 is 0 Å². The van der Waals surface area contributed by atoms with Crippen LogP contribution in [0.15, 0.2) is 0 Å². The van der Waals surface area contributed by atoms with Gasteiger partial charge in [-0.25, -0.2) is 0 Å². The van der Waals surface area contributed by atoms with Crippen LogP contribution in [0.25, 0.3) is 0 Å². The van der Waals surface area contributed by atoms with E-state index < -0.39 is 0 Å². The fourth-order valence-electron chi connectivity index (χ4n) is 0.652. The third kappa shape index (κ3) is 7.06. The van der Waals surface area contributed by atoms with Crippen molar-refractivity contribution in [3.8, 4) is 0 Å². The summed E-state index contributed by atoms with van der Waals surface area (Å²) in [4.78, 5) is 0. The summed E-state index contributed by atoms with van der Waals surface area (Å²) in [5.41, 5.74) is 0. The zero-order valence-electron chi connectivity index (χ0n) is 6.82. The Bertz CT molecular complexity index is 77.0. The van der Waals surface area contributed by atoms with Gasteiger partial charge < -0.3 is 9.31 Å². The van der Waals surface area contributed by atoms with E-state index in [1.165, 1.54) is 0 Å². The summed E-state index contributed by atoms with van der Waals surface area (Å²) >= 11 is 8.06. The van der Waals surface area contributed by atoms with Gasteiger partial charge in [0.15, 0.2) is 0 Å². The summed E-state index contributed by atoms with van der Waals surface area (Å²) in [6.45, 7) is 3.32. The van der Waals surface area contributed by atoms with Gasteiger partial charge in [0, 0.05) is 24.7 Å². The van der Waals surface area contributed by atoms with Crippen molar-refractivity contribution in [1.29, 1.82) is 0 Å². The first kappa shape index (κ1) is 11.7. The first-order valence-electron chi connectivity index (χ1n) is 3.80. The minimum absolute atomic E-state index is 0.0747. The Kier molecular flexibility index (Phi) is 9.33. The van der Waals surface area contributed by atoms with Crippen molar-refractivity contribution >= 4 is 32.4 Å². The Morgan fingerprint density at radius 2 is 1.55 bits per heavy atom. The van der Waals surface area contributed by atoms with Gasteiger partial charge in [-0.15, -0.1) is 0 Å². The molecule has 66 valence electrons. The highest BCUT2D eigenvalue weighted by molar-refractivity contribution is 7.80. The molecule has 0 rings (SSSR count). The van der Waals surface area contributed by atoms with Crippen molar-refractivity contribution < 1.29 is 9.31 Å². The monoisotopic (exact) mass is 194 g/mol. The molecule has 0 unspecified atom stereocenters. The number of hydrogen-bond acceptors (Lipinski definition) is 4. The lowest BCUT2D eigenvalue weighted by Gasteiger charge is -2.10.